The summed E-state index contributed by atoms with van der Waals surface area (Å²) in [5.41, 5.74) is 12.5. The van der Waals surface area contributed by atoms with Gasteiger partial charge in [-0.1, -0.05) is 152 Å². The summed E-state index contributed by atoms with van der Waals surface area (Å²) in [6, 6.07) is 66.8. The molecule has 11 rings (SSSR count). The van der Waals surface area contributed by atoms with Gasteiger partial charge in [0.2, 0.25) is 0 Å². The van der Waals surface area contributed by atoms with Crippen LogP contribution in [0.15, 0.2) is 188 Å². The molecule has 0 aliphatic carbocycles. The molecule has 0 unspecified atom stereocenters. The lowest BCUT2D eigenvalue weighted by Gasteiger charge is -2.13. The third kappa shape index (κ3) is 4.94. The third-order valence-electron chi connectivity index (χ3n) is 10.8. The van der Waals surface area contributed by atoms with Crippen molar-refractivity contribution in [2.24, 2.45) is 0 Å². The molecule has 250 valence electrons. The molecule has 3 heterocycles. The molecule has 54 heavy (non-hydrogen) atoms. The van der Waals surface area contributed by atoms with Crippen LogP contribution < -0.4 is 0 Å². The van der Waals surface area contributed by atoms with Crippen molar-refractivity contribution in [2.45, 2.75) is 0 Å². The Morgan fingerprint density at radius 2 is 0.796 bits per heavy atom. The highest BCUT2D eigenvalue weighted by Gasteiger charge is 2.14. The molecule has 0 N–H and O–H groups in total. The Kier molecular flexibility index (Phi) is 6.86. The van der Waals surface area contributed by atoms with Crippen molar-refractivity contribution in [1.29, 1.82) is 0 Å². The van der Waals surface area contributed by atoms with Crippen LogP contribution in [0.25, 0.3) is 110 Å². The second-order valence-electron chi connectivity index (χ2n) is 14.0. The molecule has 3 heteroatoms. The van der Waals surface area contributed by atoms with Crippen LogP contribution in [0.3, 0.4) is 0 Å². The van der Waals surface area contributed by atoms with Gasteiger partial charge in [-0.2, -0.15) is 0 Å². The van der Waals surface area contributed by atoms with Crippen molar-refractivity contribution < 1.29 is 0 Å². The van der Waals surface area contributed by atoms with E-state index in [2.05, 4.69) is 188 Å². The number of hydrogen-bond acceptors (Lipinski definition) is 3. The molecule has 0 aliphatic rings. The van der Waals surface area contributed by atoms with Crippen LogP contribution in [-0.4, -0.2) is 15.0 Å². The monoisotopic (exact) mass is 685 g/mol. The molecule has 0 amide bonds. The van der Waals surface area contributed by atoms with E-state index in [4.69, 9.17) is 15.0 Å². The van der Waals surface area contributed by atoms with Crippen LogP contribution in [0.2, 0.25) is 0 Å². The van der Waals surface area contributed by atoms with Gasteiger partial charge in [-0.25, -0.2) is 15.0 Å². The molecule has 3 aromatic heterocycles. The summed E-state index contributed by atoms with van der Waals surface area (Å²) in [5.74, 6) is 0. The minimum absolute atomic E-state index is 0.899. The van der Waals surface area contributed by atoms with Gasteiger partial charge in [0.15, 0.2) is 0 Å². The highest BCUT2D eigenvalue weighted by molar-refractivity contribution is 6.14. The van der Waals surface area contributed by atoms with E-state index in [1.165, 1.54) is 38.2 Å². The first-order valence-corrected chi connectivity index (χ1v) is 18.4. The average Bonchev–Trinajstić information content (AvgIpc) is 3.25. The highest BCUT2D eigenvalue weighted by atomic mass is 14.8. The fraction of sp³-hybridized carbons (Fsp3) is 0. The Balaban J connectivity index is 1.00. The highest BCUT2D eigenvalue weighted by Crippen LogP contribution is 2.38. The number of fused-ring (bicyclic) bond motifs is 8. The summed E-state index contributed by atoms with van der Waals surface area (Å²) in [7, 11) is 0. The summed E-state index contributed by atoms with van der Waals surface area (Å²) < 4.78 is 0. The Hall–Kier alpha value is -7.23. The van der Waals surface area contributed by atoms with Gasteiger partial charge in [-0.15, -0.1) is 0 Å². The first-order valence-electron chi connectivity index (χ1n) is 18.4. The molecule has 0 aliphatic heterocycles. The summed E-state index contributed by atoms with van der Waals surface area (Å²) in [5, 5.41) is 9.47. The normalized spacial score (nSPS) is 11.7. The molecule has 0 bridgehead atoms. The molecule has 0 atom stereocenters. The standard InChI is InChI=1S/C51H31N3/c1-2-13-39-36(10-1)31-44(41-15-4-3-14-40(39)41)32-20-22-33(23-21-32)45-28-26-34-24-25-35-27-29-46(54-51(35)50(34)53-45)37-11-9-12-38(30-37)49-42-16-5-7-18-47(42)52-48-19-8-6-17-43(48)49/h1-31H. The lowest BCUT2D eigenvalue weighted by molar-refractivity contribution is 1.36. The second kappa shape index (κ2) is 12.2. The molecule has 0 fully saturated rings. The number of aromatic nitrogens is 3. The van der Waals surface area contributed by atoms with Crippen molar-refractivity contribution in [2.75, 3.05) is 0 Å². The maximum atomic E-state index is 5.30. The van der Waals surface area contributed by atoms with Crippen LogP contribution in [0.1, 0.15) is 0 Å². The number of benzene rings is 8. The van der Waals surface area contributed by atoms with Crippen molar-refractivity contribution in [3.8, 4) is 44.8 Å². The fourth-order valence-electron chi connectivity index (χ4n) is 8.19. The quantitative estimate of drug-likeness (QED) is 0.137. The first kappa shape index (κ1) is 30.4. The van der Waals surface area contributed by atoms with E-state index in [-0.39, 0.29) is 0 Å². The van der Waals surface area contributed by atoms with Crippen molar-refractivity contribution in [3.63, 3.8) is 0 Å². The molecule has 0 radical (unpaired) electrons. The average molecular weight is 686 g/mol. The zero-order valence-corrected chi connectivity index (χ0v) is 29.2. The van der Waals surface area contributed by atoms with Crippen LogP contribution in [0, 0.1) is 0 Å². The van der Waals surface area contributed by atoms with E-state index in [0.29, 0.717) is 0 Å². The summed E-state index contributed by atoms with van der Waals surface area (Å²) in [6.07, 6.45) is 0. The Morgan fingerprint density at radius 3 is 1.48 bits per heavy atom. The van der Waals surface area contributed by atoms with Gasteiger partial charge in [0.1, 0.15) is 0 Å². The van der Waals surface area contributed by atoms with Gasteiger partial charge < -0.3 is 0 Å². The van der Waals surface area contributed by atoms with Crippen LogP contribution in [-0.2, 0) is 0 Å². The molecule has 11 aromatic rings. The fourth-order valence-corrected chi connectivity index (χ4v) is 8.19. The minimum atomic E-state index is 0.899. The number of nitrogens with zero attached hydrogens (tertiary/aromatic N) is 3. The minimum Gasteiger partial charge on any atom is -0.248 e. The maximum Gasteiger partial charge on any atom is 0.0972 e. The largest absolute Gasteiger partial charge is 0.248 e. The number of pyridine rings is 3. The van der Waals surface area contributed by atoms with Gasteiger partial charge in [0.25, 0.3) is 0 Å². The lowest BCUT2D eigenvalue weighted by atomic mass is 9.93. The Bertz CT molecular complexity index is 3220. The molecule has 0 saturated heterocycles. The van der Waals surface area contributed by atoms with Gasteiger partial charge in [0, 0.05) is 38.2 Å². The van der Waals surface area contributed by atoms with Gasteiger partial charge in [0.05, 0.1) is 33.5 Å². The van der Waals surface area contributed by atoms with E-state index in [0.717, 1.165) is 71.7 Å². The molecule has 0 spiro atoms. The van der Waals surface area contributed by atoms with E-state index in [1.807, 2.05) is 0 Å². The predicted molar refractivity (Wildman–Crippen MR) is 227 cm³/mol. The number of para-hydroxylation sites is 2. The topological polar surface area (TPSA) is 38.7 Å². The molecule has 8 aromatic carbocycles. The summed E-state index contributed by atoms with van der Waals surface area (Å²) in [6.45, 7) is 0. The smallest absolute Gasteiger partial charge is 0.0972 e. The van der Waals surface area contributed by atoms with Crippen molar-refractivity contribution in [1.82, 2.24) is 15.0 Å². The molecule has 3 nitrogen and oxygen atoms in total. The first-order chi connectivity index (χ1) is 26.7. The van der Waals surface area contributed by atoms with Gasteiger partial charge >= 0.3 is 0 Å². The number of hydrogen-bond donors (Lipinski definition) is 0. The maximum absolute atomic E-state index is 5.30. The van der Waals surface area contributed by atoms with Crippen LogP contribution in [0.4, 0.5) is 0 Å². The SMILES string of the molecule is c1cc(-c2ccc3ccc4ccc(-c5ccc(-c6cc7ccccc7c7ccccc67)cc5)nc4c3n2)cc(-c2c3ccccc3nc3ccccc23)c1. The Labute approximate surface area is 311 Å². The van der Waals surface area contributed by atoms with Gasteiger partial charge in [-0.05, 0) is 74.6 Å². The zero-order chi connectivity index (χ0) is 35.6. The Morgan fingerprint density at radius 1 is 0.278 bits per heavy atom. The predicted octanol–water partition coefficient (Wildman–Crippen LogP) is 13.5. The van der Waals surface area contributed by atoms with Crippen molar-refractivity contribution >= 4 is 65.2 Å². The molecular weight excluding hydrogens is 655 g/mol. The van der Waals surface area contributed by atoms with Crippen molar-refractivity contribution in [3.05, 3.63) is 188 Å². The summed E-state index contributed by atoms with van der Waals surface area (Å²) >= 11 is 0. The third-order valence-corrected chi connectivity index (χ3v) is 10.8. The molecule has 0 saturated carbocycles. The second-order valence-corrected chi connectivity index (χ2v) is 14.0. The van der Waals surface area contributed by atoms with E-state index in [1.54, 1.807) is 0 Å². The van der Waals surface area contributed by atoms with E-state index in [9.17, 15) is 0 Å². The van der Waals surface area contributed by atoms with Gasteiger partial charge in [-0.3, -0.25) is 0 Å². The summed E-state index contributed by atoms with van der Waals surface area (Å²) in [4.78, 5) is 15.5. The zero-order valence-electron chi connectivity index (χ0n) is 29.2. The lowest BCUT2D eigenvalue weighted by Crippen LogP contribution is -1.92. The van der Waals surface area contributed by atoms with E-state index >= 15 is 0 Å². The van der Waals surface area contributed by atoms with Crippen LogP contribution in [0.5, 0.6) is 0 Å². The van der Waals surface area contributed by atoms with E-state index < -0.39 is 0 Å². The van der Waals surface area contributed by atoms with Crippen LogP contribution >= 0.6 is 0 Å². The molecular formula is C51H31N3. The number of rotatable bonds is 4.